The van der Waals surface area contributed by atoms with Gasteiger partial charge in [0.2, 0.25) is 0 Å². The molecule has 23 heavy (non-hydrogen) atoms. The van der Waals surface area contributed by atoms with Crippen molar-refractivity contribution in [3.05, 3.63) is 46.6 Å². The van der Waals surface area contributed by atoms with E-state index in [1.807, 2.05) is 11.7 Å². The Bertz CT molecular complexity index is 685. The zero-order valence-corrected chi connectivity index (χ0v) is 14.9. The fourth-order valence-corrected chi connectivity index (χ4v) is 3.77. The number of nitrogens with zero attached hydrogens (tertiary/aromatic N) is 3. The van der Waals surface area contributed by atoms with Crippen LogP contribution < -0.4 is 10.2 Å². The summed E-state index contributed by atoms with van der Waals surface area (Å²) < 4.78 is 2.01. The van der Waals surface area contributed by atoms with E-state index in [1.165, 1.54) is 41.0 Å². The fraction of sp³-hybridized carbons (Fsp3) is 0.526. The Kier molecular flexibility index (Phi) is 4.44. The summed E-state index contributed by atoms with van der Waals surface area (Å²) >= 11 is 0. The van der Waals surface area contributed by atoms with Gasteiger partial charge in [0.1, 0.15) is 5.82 Å². The molecule has 1 aliphatic rings. The van der Waals surface area contributed by atoms with Gasteiger partial charge < -0.3 is 10.2 Å². The number of aromatic nitrogens is 2. The van der Waals surface area contributed by atoms with Crippen LogP contribution in [0, 0.1) is 0 Å². The Morgan fingerprint density at radius 2 is 2.04 bits per heavy atom. The zero-order chi connectivity index (χ0) is 16.6. The minimum absolute atomic E-state index is 0.433. The standard InChI is InChI=1S/C19H28N4/c1-13(2)18-16(19(22(3)4)23(5)21-18)12-20-17-11-10-14-8-6-7-9-15(14)17/h6-9,13,17,20H,10-12H2,1-5H3. The summed E-state index contributed by atoms with van der Waals surface area (Å²) in [5, 5.41) is 8.53. The molecule has 0 amide bonds. The van der Waals surface area contributed by atoms with E-state index < -0.39 is 0 Å². The third-order valence-electron chi connectivity index (χ3n) is 4.77. The maximum Gasteiger partial charge on any atom is 0.130 e. The van der Waals surface area contributed by atoms with Crippen LogP contribution in [0.4, 0.5) is 5.82 Å². The Morgan fingerprint density at radius 1 is 1.30 bits per heavy atom. The minimum Gasteiger partial charge on any atom is -0.363 e. The normalized spacial score (nSPS) is 16.9. The molecule has 1 aromatic carbocycles. The minimum atomic E-state index is 0.433. The molecular formula is C19H28N4. The first kappa shape index (κ1) is 16.1. The molecule has 1 atom stereocenters. The molecule has 0 spiro atoms. The number of hydrogen-bond donors (Lipinski definition) is 1. The third kappa shape index (κ3) is 3.00. The highest BCUT2D eigenvalue weighted by Crippen LogP contribution is 2.32. The van der Waals surface area contributed by atoms with Gasteiger partial charge in [-0.2, -0.15) is 5.10 Å². The van der Waals surface area contributed by atoms with Crippen molar-refractivity contribution in [3.8, 4) is 0 Å². The number of benzene rings is 1. The van der Waals surface area contributed by atoms with E-state index in [-0.39, 0.29) is 0 Å². The molecule has 2 aromatic rings. The number of anilines is 1. The molecule has 4 heteroatoms. The lowest BCUT2D eigenvalue weighted by Crippen LogP contribution is -2.22. The van der Waals surface area contributed by atoms with E-state index in [2.05, 4.69) is 62.4 Å². The zero-order valence-electron chi connectivity index (χ0n) is 14.9. The van der Waals surface area contributed by atoms with Crippen molar-refractivity contribution in [1.29, 1.82) is 0 Å². The predicted octanol–water partition coefficient (Wildman–Crippen LogP) is 3.39. The molecule has 124 valence electrons. The van der Waals surface area contributed by atoms with E-state index in [0.29, 0.717) is 12.0 Å². The van der Waals surface area contributed by atoms with E-state index in [9.17, 15) is 0 Å². The van der Waals surface area contributed by atoms with Crippen molar-refractivity contribution >= 4 is 5.82 Å². The van der Waals surface area contributed by atoms with E-state index in [4.69, 9.17) is 5.10 Å². The smallest absolute Gasteiger partial charge is 0.130 e. The maximum absolute atomic E-state index is 4.76. The van der Waals surface area contributed by atoms with Gasteiger partial charge in [-0.3, -0.25) is 4.68 Å². The molecule has 0 saturated carbocycles. The van der Waals surface area contributed by atoms with Crippen LogP contribution in [-0.2, 0) is 20.0 Å². The molecule has 1 aromatic heterocycles. The molecule has 0 radical (unpaired) electrons. The lowest BCUT2D eigenvalue weighted by atomic mass is 10.0. The summed E-state index contributed by atoms with van der Waals surface area (Å²) in [6, 6.07) is 9.27. The molecule has 1 heterocycles. The van der Waals surface area contributed by atoms with Crippen molar-refractivity contribution in [2.24, 2.45) is 7.05 Å². The van der Waals surface area contributed by atoms with E-state index in [0.717, 1.165) is 6.54 Å². The van der Waals surface area contributed by atoms with Gasteiger partial charge in [-0.25, -0.2) is 0 Å². The summed E-state index contributed by atoms with van der Waals surface area (Å²) in [7, 11) is 6.22. The Balaban J connectivity index is 1.83. The summed E-state index contributed by atoms with van der Waals surface area (Å²) in [5.74, 6) is 1.63. The molecule has 3 rings (SSSR count). The molecule has 4 nitrogen and oxygen atoms in total. The summed E-state index contributed by atoms with van der Waals surface area (Å²) in [6.07, 6.45) is 2.37. The molecule has 1 unspecified atom stereocenters. The van der Waals surface area contributed by atoms with Gasteiger partial charge >= 0.3 is 0 Å². The molecule has 0 saturated heterocycles. The van der Waals surface area contributed by atoms with Gasteiger partial charge in [0.25, 0.3) is 0 Å². The molecular weight excluding hydrogens is 284 g/mol. The van der Waals surface area contributed by atoms with Gasteiger partial charge in [-0.1, -0.05) is 38.1 Å². The number of hydrogen-bond acceptors (Lipinski definition) is 3. The van der Waals surface area contributed by atoms with Gasteiger partial charge in [0.05, 0.1) is 5.69 Å². The Morgan fingerprint density at radius 3 is 2.74 bits per heavy atom. The van der Waals surface area contributed by atoms with Crippen molar-refractivity contribution in [2.45, 2.75) is 45.2 Å². The second-order valence-corrected chi connectivity index (χ2v) is 7.03. The van der Waals surface area contributed by atoms with Crippen LogP contribution in [0.15, 0.2) is 24.3 Å². The number of nitrogens with one attached hydrogen (secondary N) is 1. The number of fused-ring (bicyclic) bond motifs is 1. The van der Waals surface area contributed by atoms with Crippen LogP contribution in [0.25, 0.3) is 0 Å². The Hall–Kier alpha value is -1.81. The predicted molar refractivity (Wildman–Crippen MR) is 96.0 cm³/mol. The third-order valence-corrected chi connectivity index (χ3v) is 4.77. The lowest BCUT2D eigenvalue weighted by Gasteiger charge is -2.19. The fourth-order valence-electron chi connectivity index (χ4n) is 3.77. The quantitative estimate of drug-likeness (QED) is 0.919. The second kappa shape index (κ2) is 6.36. The van der Waals surface area contributed by atoms with E-state index >= 15 is 0 Å². The van der Waals surface area contributed by atoms with Crippen LogP contribution in [-0.4, -0.2) is 23.9 Å². The topological polar surface area (TPSA) is 33.1 Å². The van der Waals surface area contributed by atoms with Crippen LogP contribution >= 0.6 is 0 Å². The molecule has 1 aliphatic carbocycles. The highest BCUT2D eigenvalue weighted by Gasteiger charge is 2.24. The highest BCUT2D eigenvalue weighted by atomic mass is 15.4. The summed E-state index contributed by atoms with van der Waals surface area (Å²) in [4.78, 5) is 2.17. The van der Waals surface area contributed by atoms with Crippen LogP contribution in [0.1, 0.15) is 54.6 Å². The van der Waals surface area contributed by atoms with Crippen LogP contribution in [0.3, 0.4) is 0 Å². The van der Waals surface area contributed by atoms with Gasteiger partial charge in [0.15, 0.2) is 0 Å². The van der Waals surface area contributed by atoms with Crippen molar-refractivity contribution in [3.63, 3.8) is 0 Å². The molecule has 0 bridgehead atoms. The van der Waals surface area contributed by atoms with Crippen molar-refractivity contribution in [1.82, 2.24) is 15.1 Å². The number of aryl methyl sites for hydroxylation is 2. The largest absolute Gasteiger partial charge is 0.363 e. The maximum atomic E-state index is 4.76. The second-order valence-electron chi connectivity index (χ2n) is 7.03. The van der Waals surface area contributed by atoms with Crippen molar-refractivity contribution in [2.75, 3.05) is 19.0 Å². The van der Waals surface area contributed by atoms with Crippen LogP contribution in [0.5, 0.6) is 0 Å². The first-order valence-corrected chi connectivity index (χ1v) is 8.53. The molecule has 0 fully saturated rings. The van der Waals surface area contributed by atoms with Crippen molar-refractivity contribution < 1.29 is 0 Å². The monoisotopic (exact) mass is 312 g/mol. The van der Waals surface area contributed by atoms with E-state index in [1.54, 1.807) is 0 Å². The molecule has 0 aliphatic heterocycles. The SMILES string of the molecule is CC(C)c1nn(C)c(N(C)C)c1CNC1CCc2ccccc21. The average Bonchev–Trinajstić information content (AvgIpc) is 3.06. The first-order valence-electron chi connectivity index (χ1n) is 8.53. The average molecular weight is 312 g/mol. The first-order chi connectivity index (χ1) is 11.0. The highest BCUT2D eigenvalue weighted by molar-refractivity contribution is 5.50. The van der Waals surface area contributed by atoms with Gasteiger partial charge in [0, 0.05) is 39.3 Å². The van der Waals surface area contributed by atoms with Crippen LogP contribution in [0.2, 0.25) is 0 Å². The Labute approximate surface area is 139 Å². The molecule has 1 N–H and O–H groups in total. The summed E-state index contributed by atoms with van der Waals surface area (Å²) in [5.41, 5.74) is 5.49. The van der Waals surface area contributed by atoms with Gasteiger partial charge in [-0.05, 0) is 29.9 Å². The van der Waals surface area contributed by atoms with Gasteiger partial charge in [-0.15, -0.1) is 0 Å². The summed E-state index contributed by atoms with van der Waals surface area (Å²) in [6.45, 7) is 5.31. The lowest BCUT2D eigenvalue weighted by molar-refractivity contribution is 0.527. The number of rotatable bonds is 5.